The van der Waals surface area contributed by atoms with E-state index in [-0.39, 0.29) is 11.9 Å². The van der Waals surface area contributed by atoms with Crippen LogP contribution in [0, 0.1) is 5.82 Å². The van der Waals surface area contributed by atoms with Crippen molar-refractivity contribution in [2.75, 3.05) is 5.32 Å². The van der Waals surface area contributed by atoms with Crippen LogP contribution in [0.3, 0.4) is 0 Å². The van der Waals surface area contributed by atoms with Crippen molar-refractivity contribution in [3.63, 3.8) is 0 Å². The van der Waals surface area contributed by atoms with E-state index in [1.807, 2.05) is 35.1 Å². The molecule has 3 nitrogen and oxygen atoms in total. The van der Waals surface area contributed by atoms with Crippen LogP contribution in [-0.2, 0) is 6.54 Å². The molecule has 0 spiro atoms. The number of aromatic nitrogens is 2. The first-order valence-electron chi connectivity index (χ1n) is 7.83. The molecule has 118 valence electrons. The van der Waals surface area contributed by atoms with Crippen molar-refractivity contribution in [3.8, 4) is 0 Å². The number of hydrogen-bond donors (Lipinski definition) is 1. The zero-order valence-electron chi connectivity index (χ0n) is 13.1. The number of benzene rings is 2. The highest BCUT2D eigenvalue weighted by Crippen LogP contribution is 2.23. The first kappa shape index (κ1) is 15.3. The van der Waals surface area contributed by atoms with Crippen LogP contribution in [0.1, 0.15) is 30.5 Å². The van der Waals surface area contributed by atoms with Crippen LogP contribution in [0.4, 0.5) is 10.1 Å². The van der Waals surface area contributed by atoms with Crippen molar-refractivity contribution < 1.29 is 4.39 Å². The lowest BCUT2D eigenvalue weighted by Gasteiger charge is -2.19. The number of anilines is 1. The van der Waals surface area contributed by atoms with E-state index in [4.69, 9.17) is 0 Å². The molecule has 0 amide bonds. The summed E-state index contributed by atoms with van der Waals surface area (Å²) in [5.74, 6) is -0.204. The van der Waals surface area contributed by atoms with E-state index in [1.165, 1.54) is 17.7 Å². The van der Waals surface area contributed by atoms with Crippen LogP contribution >= 0.6 is 0 Å². The van der Waals surface area contributed by atoms with E-state index < -0.39 is 0 Å². The highest BCUT2D eigenvalue weighted by molar-refractivity contribution is 5.48. The quantitative estimate of drug-likeness (QED) is 0.719. The summed E-state index contributed by atoms with van der Waals surface area (Å²) in [6.45, 7) is 2.87. The third-order valence-corrected chi connectivity index (χ3v) is 3.85. The lowest BCUT2D eigenvalue weighted by atomic mass is 10.0. The summed E-state index contributed by atoms with van der Waals surface area (Å²) in [5, 5.41) is 7.77. The van der Waals surface area contributed by atoms with Gasteiger partial charge in [0.15, 0.2) is 0 Å². The Bertz CT molecular complexity index is 736. The third-order valence-electron chi connectivity index (χ3n) is 3.85. The smallest absolute Gasteiger partial charge is 0.123 e. The standard InChI is InChI=1S/C19H20FN3/c1-2-19(16-7-9-17(20)10-8-16)22-18-6-3-5-15(13-18)14-23-12-4-11-21-23/h3-13,19,22H,2,14H2,1H3/t19-/m1/s1. The van der Waals surface area contributed by atoms with Crippen molar-refractivity contribution >= 4 is 5.69 Å². The first-order chi connectivity index (χ1) is 11.2. The Morgan fingerprint density at radius 1 is 1.13 bits per heavy atom. The maximum atomic E-state index is 13.1. The van der Waals surface area contributed by atoms with Gasteiger partial charge in [0.2, 0.25) is 0 Å². The van der Waals surface area contributed by atoms with Crippen molar-refractivity contribution in [3.05, 3.63) is 83.9 Å². The second-order valence-corrected chi connectivity index (χ2v) is 5.56. The molecule has 1 N–H and O–H groups in total. The van der Waals surface area contributed by atoms with Crippen LogP contribution in [0.5, 0.6) is 0 Å². The topological polar surface area (TPSA) is 29.9 Å². The molecule has 1 atom stereocenters. The SMILES string of the molecule is CC[C@@H](Nc1cccc(Cn2cccn2)c1)c1ccc(F)cc1. The van der Waals surface area contributed by atoms with Crippen molar-refractivity contribution in [2.45, 2.75) is 25.9 Å². The second-order valence-electron chi connectivity index (χ2n) is 5.56. The molecule has 0 radical (unpaired) electrons. The van der Waals surface area contributed by atoms with Crippen LogP contribution < -0.4 is 5.32 Å². The Labute approximate surface area is 135 Å². The molecule has 0 unspecified atom stereocenters. The fraction of sp³-hybridized carbons (Fsp3) is 0.211. The molecule has 1 aromatic heterocycles. The number of hydrogen-bond acceptors (Lipinski definition) is 2. The van der Waals surface area contributed by atoms with E-state index in [0.29, 0.717) is 0 Å². The summed E-state index contributed by atoms with van der Waals surface area (Å²) >= 11 is 0. The lowest BCUT2D eigenvalue weighted by Crippen LogP contribution is -2.10. The zero-order valence-corrected chi connectivity index (χ0v) is 13.1. The Kier molecular flexibility index (Phi) is 4.71. The summed E-state index contributed by atoms with van der Waals surface area (Å²) in [4.78, 5) is 0. The summed E-state index contributed by atoms with van der Waals surface area (Å²) in [6, 6.07) is 17.1. The first-order valence-corrected chi connectivity index (χ1v) is 7.83. The highest BCUT2D eigenvalue weighted by Gasteiger charge is 2.09. The van der Waals surface area contributed by atoms with Gasteiger partial charge in [0.1, 0.15) is 5.82 Å². The Hall–Kier alpha value is -2.62. The minimum absolute atomic E-state index is 0.163. The van der Waals surface area contributed by atoms with E-state index in [1.54, 1.807) is 6.20 Å². The minimum atomic E-state index is -0.204. The van der Waals surface area contributed by atoms with Gasteiger partial charge in [-0.2, -0.15) is 5.10 Å². The van der Waals surface area contributed by atoms with Gasteiger partial charge in [0, 0.05) is 18.1 Å². The number of halogens is 1. The van der Waals surface area contributed by atoms with Crippen molar-refractivity contribution in [1.29, 1.82) is 0 Å². The second kappa shape index (κ2) is 7.09. The summed E-state index contributed by atoms with van der Waals surface area (Å²) in [6.07, 6.45) is 4.66. The molecule has 0 saturated heterocycles. The fourth-order valence-corrected chi connectivity index (χ4v) is 2.66. The number of nitrogens with zero attached hydrogens (tertiary/aromatic N) is 2. The molecule has 4 heteroatoms. The zero-order chi connectivity index (χ0) is 16.1. The summed E-state index contributed by atoms with van der Waals surface area (Å²) in [5.41, 5.74) is 3.34. The molecule has 0 aliphatic carbocycles. The molecule has 0 saturated carbocycles. The van der Waals surface area contributed by atoms with Crippen LogP contribution in [-0.4, -0.2) is 9.78 Å². The molecule has 3 aromatic rings. The van der Waals surface area contributed by atoms with E-state index in [2.05, 4.69) is 35.5 Å². The largest absolute Gasteiger partial charge is 0.378 e. The van der Waals surface area contributed by atoms with E-state index in [0.717, 1.165) is 24.2 Å². The molecule has 3 rings (SSSR count). The van der Waals surface area contributed by atoms with Crippen LogP contribution in [0.15, 0.2) is 67.0 Å². The lowest BCUT2D eigenvalue weighted by molar-refractivity contribution is 0.625. The van der Waals surface area contributed by atoms with E-state index in [9.17, 15) is 4.39 Å². The Morgan fingerprint density at radius 3 is 2.65 bits per heavy atom. The Morgan fingerprint density at radius 2 is 1.96 bits per heavy atom. The molecule has 0 bridgehead atoms. The molecule has 0 fully saturated rings. The number of nitrogens with one attached hydrogen (secondary N) is 1. The monoisotopic (exact) mass is 309 g/mol. The molecule has 0 aliphatic rings. The maximum absolute atomic E-state index is 13.1. The predicted molar refractivity (Wildman–Crippen MR) is 90.8 cm³/mol. The average Bonchev–Trinajstić information content (AvgIpc) is 3.07. The molecule has 2 aromatic carbocycles. The molecule has 0 aliphatic heterocycles. The van der Waals surface area contributed by atoms with Gasteiger partial charge in [-0.15, -0.1) is 0 Å². The minimum Gasteiger partial charge on any atom is -0.378 e. The molecular formula is C19H20FN3. The third kappa shape index (κ3) is 3.97. The van der Waals surface area contributed by atoms with Gasteiger partial charge in [0.05, 0.1) is 12.6 Å². The average molecular weight is 309 g/mol. The van der Waals surface area contributed by atoms with Crippen LogP contribution in [0.25, 0.3) is 0 Å². The van der Waals surface area contributed by atoms with Gasteiger partial charge in [-0.3, -0.25) is 4.68 Å². The van der Waals surface area contributed by atoms with Gasteiger partial charge < -0.3 is 5.32 Å². The summed E-state index contributed by atoms with van der Waals surface area (Å²) in [7, 11) is 0. The highest BCUT2D eigenvalue weighted by atomic mass is 19.1. The van der Waals surface area contributed by atoms with Gasteiger partial charge in [-0.25, -0.2) is 4.39 Å². The van der Waals surface area contributed by atoms with Gasteiger partial charge in [-0.1, -0.05) is 31.2 Å². The predicted octanol–water partition coefficient (Wildman–Crippen LogP) is 4.63. The number of rotatable bonds is 6. The van der Waals surface area contributed by atoms with Gasteiger partial charge >= 0.3 is 0 Å². The van der Waals surface area contributed by atoms with Gasteiger partial charge in [-0.05, 0) is 47.9 Å². The van der Waals surface area contributed by atoms with Crippen LogP contribution in [0.2, 0.25) is 0 Å². The normalized spacial score (nSPS) is 12.1. The van der Waals surface area contributed by atoms with Gasteiger partial charge in [0.25, 0.3) is 0 Å². The molecular weight excluding hydrogens is 289 g/mol. The molecule has 23 heavy (non-hydrogen) atoms. The van der Waals surface area contributed by atoms with Crippen molar-refractivity contribution in [1.82, 2.24) is 9.78 Å². The van der Waals surface area contributed by atoms with Crippen molar-refractivity contribution in [2.24, 2.45) is 0 Å². The fourth-order valence-electron chi connectivity index (χ4n) is 2.66. The maximum Gasteiger partial charge on any atom is 0.123 e. The Balaban J connectivity index is 1.74. The molecule has 1 heterocycles. The summed E-state index contributed by atoms with van der Waals surface area (Å²) < 4.78 is 15.0. The van der Waals surface area contributed by atoms with E-state index >= 15 is 0 Å².